The van der Waals surface area contributed by atoms with E-state index in [1.165, 1.54) is 21.5 Å². The number of pyridine rings is 1. The Hall–Kier alpha value is -5.92. The molecule has 0 aliphatic rings. The minimum Gasteiger partial charge on any atom is -0.467 e. The number of halogens is 1. The lowest BCUT2D eigenvalue weighted by Crippen LogP contribution is -2.08. The summed E-state index contributed by atoms with van der Waals surface area (Å²) in [6.07, 6.45) is 7.00. The number of methoxy groups -OCH3 is 1. The molecule has 7 nitrogen and oxygen atoms in total. The average molecular weight is 622 g/mol. The van der Waals surface area contributed by atoms with Gasteiger partial charge in [-0.05, 0) is 44.5 Å². The van der Waals surface area contributed by atoms with Crippen molar-refractivity contribution in [1.82, 2.24) is 24.9 Å². The van der Waals surface area contributed by atoms with Crippen molar-refractivity contribution in [1.29, 1.82) is 0 Å². The number of rotatable bonds is 1. The van der Waals surface area contributed by atoms with Gasteiger partial charge in [0.2, 0.25) is 0 Å². The van der Waals surface area contributed by atoms with Crippen LogP contribution in [-0.2, 0) is 0 Å². The van der Waals surface area contributed by atoms with Crippen molar-refractivity contribution >= 4 is 77.3 Å². The van der Waals surface area contributed by atoms with Crippen LogP contribution in [0.2, 0.25) is 0 Å². The molecule has 0 spiro atoms. The van der Waals surface area contributed by atoms with Crippen LogP contribution >= 0.6 is 12.4 Å². The van der Waals surface area contributed by atoms with Crippen LogP contribution in [-0.4, -0.2) is 32.0 Å². The van der Waals surface area contributed by atoms with Crippen molar-refractivity contribution in [2.45, 2.75) is 0 Å². The molecule has 224 valence electrons. The number of hydrogen-bond acceptors (Lipinski definition) is 6. The summed E-state index contributed by atoms with van der Waals surface area (Å²) in [4.78, 5) is 30.8. The van der Waals surface area contributed by atoms with E-state index in [0.29, 0.717) is 6.01 Å². The van der Waals surface area contributed by atoms with Gasteiger partial charge in [-0.1, -0.05) is 103 Å². The second kappa shape index (κ2) is 13.4. The molecule has 6 aromatic carbocycles. The topological polar surface area (TPSA) is 93.6 Å². The Morgan fingerprint density at radius 1 is 0.522 bits per heavy atom. The standard InChI is InChI=1S/C17H12N2O.C16H10N2O.C5H5N.ClH/c1-20-17-18-10-15-13-8-3-2-6-11(13)12-7-4-5-9-14(12)16(15)19-17;19-16-17-9-14-12-7-2-1-5-10(12)11-6-3-4-8-13(11)15(14)18-16;1-2-4-6-5-3-1;/h2-10H,1H3;1-9H,(H,17,18,19);1-5H;1H. The molecule has 0 saturated heterocycles. The molecule has 0 bridgehead atoms. The molecule has 0 aliphatic heterocycles. The third kappa shape index (κ3) is 5.67. The van der Waals surface area contributed by atoms with E-state index in [1.54, 1.807) is 25.7 Å². The van der Waals surface area contributed by atoms with Crippen LogP contribution in [0.3, 0.4) is 0 Å². The van der Waals surface area contributed by atoms with Crippen LogP contribution < -0.4 is 10.4 Å². The zero-order valence-electron chi connectivity index (χ0n) is 24.8. The van der Waals surface area contributed by atoms with E-state index >= 15 is 0 Å². The van der Waals surface area contributed by atoms with Crippen LogP contribution in [0.15, 0.2) is 145 Å². The van der Waals surface area contributed by atoms with Crippen LogP contribution in [0.5, 0.6) is 6.01 Å². The third-order valence-corrected chi connectivity index (χ3v) is 7.72. The van der Waals surface area contributed by atoms with Gasteiger partial charge in [-0.3, -0.25) is 4.98 Å². The van der Waals surface area contributed by atoms with Gasteiger partial charge in [0.25, 0.3) is 0 Å². The average Bonchev–Trinajstić information content (AvgIpc) is 3.13. The highest BCUT2D eigenvalue weighted by Gasteiger charge is 2.11. The Morgan fingerprint density at radius 3 is 1.50 bits per heavy atom. The molecule has 0 saturated carbocycles. The van der Waals surface area contributed by atoms with E-state index in [9.17, 15) is 4.79 Å². The molecule has 0 aliphatic carbocycles. The van der Waals surface area contributed by atoms with Crippen molar-refractivity contribution in [3.05, 3.63) is 151 Å². The quantitative estimate of drug-likeness (QED) is 0.184. The maximum Gasteiger partial charge on any atom is 0.345 e. The van der Waals surface area contributed by atoms with Crippen molar-refractivity contribution < 1.29 is 4.74 Å². The van der Waals surface area contributed by atoms with E-state index in [-0.39, 0.29) is 18.1 Å². The first-order valence-electron chi connectivity index (χ1n) is 14.5. The molecule has 0 unspecified atom stereocenters. The summed E-state index contributed by atoms with van der Waals surface area (Å²) in [5.74, 6) is 0. The van der Waals surface area contributed by atoms with Gasteiger partial charge in [0.05, 0.1) is 18.1 Å². The summed E-state index contributed by atoms with van der Waals surface area (Å²) in [6, 6.07) is 39.1. The molecule has 0 atom stereocenters. The molecule has 0 fully saturated rings. The molecule has 9 rings (SSSR count). The van der Waals surface area contributed by atoms with Gasteiger partial charge in [0, 0.05) is 46.3 Å². The molecule has 8 heteroatoms. The number of nitrogens with zero attached hydrogens (tertiary/aromatic N) is 4. The van der Waals surface area contributed by atoms with Crippen molar-refractivity contribution in [2.24, 2.45) is 0 Å². The minimum atomic E-state index is -0.312. The molecule has 0 amide bonds. The Labute approximate surface area is 270 Å². The second-order valence-electron chi connectivity index (χ2n) is 10.3. The normalized spacial score (nSPS) is 10.6. The maximum absolute atomic E-state index is 11.5. The Kier molecular flexibility index (Phi) is 8.76. The fourth-order valence-electron chi connectivity index (χ4n) is 5.76. The summed E-state index contributed by atoms with van der Waals surface area (Å²) >= 11 is 0. The van der Waals surface area contributed by atoms with E-state index in [4.69, 9.17) is 4.74 Å². The fraction of sp³-hybridized carbons (Fsp3) is 0.0263. The summed E-state index contributed by atoms with van der Waals surface area (Å²) in [6.45, 7) is 0. The number of fused-ring (bicyclic) bond motifs is 12. The zero-order chi connectivity index (χ0) is 30.6. The predicted molar refractivity (Wildman–Crippen MR) is 190 cm³/mol. The van der Waals surface area contributed by atoms with Crippen LogP contribution in [0.25, 0.3) is 64.9 Å². The highest BCUT2D eigenvalue weighted by Crippen LogP contribution is 2.34. The molecule has 1 N–H and O–H groups in total. The number of nitrogens with one attached hydrogen (secondary N) is 1. The van der Waals surface area contributed by atoms with Crippen molar-refractivity contribution in [2.75, 3.05) is 7.11 Å². The lowest BCUT2D eigenvalue weighted by atomic mass is 9.98. The van der Waals surface area contributed by atoms with Gasteiger partial charge >= 0.3 is 11.7 Å². The predicted octanol–water partition coefficient (Wildman–Crippen LogP) is 8.68. The Bertz CT molecular complexity index is 2420. The minimum absolute atomic E-state index is 0. The largest absolute Gasteiger partial charge is 0.467 e. The maximum atomic E-state index is 11.5. The lowest BCUT2D eigenvalue weighted by Gasteiger charge is -2.09. The first-order chi connectivity index (χ1) is 22.2. The number of aromatic amines is 1. The molecular formula is C38H28ClN5O2. The van der Waals surface area contributed by atoms with Gasteiger partial charge in [0.1, 0.15) is 0 Å². The van der Waals surface area contributed by atoms with Gasteiger partial charge in [-0.15, -0.1) is 12.4 Å². The monoisotopic (exact) mass is 621 g/mol. The molecule has 46 heavy (non-hydrogen) atoms. The van der Waals surface area contributed by atoms with Gasteiger partial charge in [-0.2, -0.15) is 4.98 Å². The number of H-pyrrole nitrogens is 1. The SMILES string of the molecule is COc1ncc2c3ccccc3c3ccccc3c2n1.Cl.O=c1ncc2c3ccccc3c3ccccc3c2[nH]1.c1ccncc1. The van der Waals surface area contributed by atoms with Gasteiger partial charge in [0.15, 0.2) is 0 Å². The van der Waals surface area contributed by atoms with E-state index in [0.717, 1.165) is 43.4 Å². The molecular weight excluding hydrogens is 594 g/mol. The summed E-state index contributed by atoms with van der Waals surface area (Å²) in [5.41, 5.74) is 1.48. The van der Waals surface area contributed by atoms with Crippen LogP contribution in [0.1, 0.15) is 0 Å². The lowest BCUT2D eigenvalue weighted by molar-refractivity contribution is 0.382. The third-order valence-electron chi connectivity index (χ3n) is 7.72. The zero-order valence-corrected chi connectivity index (χ0v) is 25.6. The molecule has 3 aromatic heterocycles. The molecule has 9 aromatic rings. The van der Waals surface area contributed by atoms with Gasteiger partial charge < -0.3 is 9.72 Å². The van der Waals surface area contributed by atoms with E-state index < -0.39 is 0 Å². The Balaban J connectivity index is 0.000000135. The second-order valence-corrected chi connectivity index (χ2v) is 10.3. The van der Waals surface area contributed by atoms with E-state index in [1.807, 2.05) is 66.9 Å². The number of aromatic nitrogens is 5. The number of ether oxygens (including phenoxy) is 1. The summed E-state index contributed by atoms with van der Waals surface area (Å²) in [7, 11) is 1.59. The van der Waals surface area contributed by atoms with Crippen LogP contribution in [0, 0.1) is 0 Å². The summed E-state index contributed by atoms with van der Waals surface area (Å²) < 4.78 is 5.16. The van der Waals surface area contributed by atoms with Gasteiger partial charge in [-0.25, -0.2) is 14.8 Å². The summed E-state index contributed by atoms with van der Waals surface area (Å²) in [5, 5.41) is 11.3. The van der Waals surface area contributed by atoms with Crippen molar-refractivity contribution in [3.63, 3.8) is 0 Å². The number of benzene rings is 6. The van der Waals surface area contributed by atoms with Crippen LogP contribution in [0.4, 0.5) is 0 Å². The smallest absolute Gasteiger partial charge is 0.345 e. The highest BCUT2D eigenvalue weighted by atomic mass is 35.5. The molecule has 0 radical (unpaired) electrons. The fourth-order valence-corrected chi connectivity index (χ4v) is 5.76. The first-order valence-corrected chi connectivity index (χ1v) is 14.5. The highest BCUT2D eigenvalue weighted by molar-refractivity contribution is 6.24. The van der Waals surface area contributed by atoms with E-state index in [2.05, 4.69) is 79.5 Å². The molecule has 3 heterocycles. The van der Waals surface area contributed by atoms with Crippen molar-refractivity contribution in [3.8, 4) is 6.01 Å². The Morgan fingerprint density at radius 2 is 0.978 bits per heavy atom. The first kappa shape index (κ1) is 30.1. The number of hydrogen-bond donors (Lipinski definition) is 1.